The molecule has 0 bridgehead atoms. The van der Waals surface area contributed by atoms with E-state index in [1.807, 2.05) is 19.9 Å². The van der Waals surface area contributed by atoms with E-state index >= 15 is 0 Å². The SMILES string of the molecule is COc1cc(N)ccc1C(C)(C)C#N. The van der Waals surface area contributed by atoms with Crippen LogP contribution >= 0.6 is 0 Å². The number of nitrogens with two attached hydrogens (primary N) is 1. The van der Waals surface area contributed by atoms with E-state index in [0.29, 0.717) is 11.4 Å². The number of nitriles is 1. The number of ether oxygens (including phenoxy) is 1. The highest BCUT2D eigenvalue weighted by atomic mass is 16.5. The first-order chi connectivity index (χ1) is 6.51. The Morgan fingerprint density at radius 2 is 2.07 bits per heavy atom. The van der Waals surface area contributed by atoms with Gasteiger partial charge in [-0.15, -0.1) is 0 Å². The van der Waals surface area contributed by atoms with Crippen molar-refractivity contribution in [3.63, 3.8) is 0 Å². The van der Waals surface area contributed by atoms with Crippen molar-refractivity contribution in [3.8, 4) is 11.8 Å². The van der Waals surface area contributed by atoms with Gasteiger partial charge in [0, 0.05) is 17.3 Å². The molecule has 74 valence electrons. The molecule has 3 nitrogen and oxygen atoms in total. The lowest BCUT2D eigenvalue weighted by Gasteiger charge is -2.19. The molecule has 0 fully saturated rings. The molecule has 14 heavy (non-hydrogen) atoms. The smallest absolute Gasteiger partial charge is 0.125 e. The lowest BCUT2D eigenvalue weighted by atomic mass is 9.85. The molecule has 0 heterocycles. The van der Waals surface area contributed by atoms with Gasteiger partial charge < -0.3 is 10.5 Å². The normalized spacial score (nSPS) is 10.7. The highest BCUT2D eigenvalue weighted by Gasteiger charge is 2.23. The van der Waals surface area contributed by atoms with Gasteiger partial charge in [-0.05, 0) is 19.9 Å². The number of benzene rings is 1. The van der Waals surface area contributed by atoms with Crippen molar-refractivity contribution in [3.05, 3.63) is 23.8 Å². The zero-order chi connectivity index (χ0) is 10.8. The first kappa shape index (κ1) is 10.4. The quantitative estimate of drug-likeness (QED) is 0.726. The molecule has 3 heteroatoms. The molecule has 0 aromatic heterocycles. The second-order valence-electron chi connectivity index (χ2n) is 3.70. The van der Waals surface area contributed by atoms with E-state index in [1.165, 1.54) is 0 Å². The largest absolute Gasteiger partial charge is 0.496 e. The maximum atomic E-state index is 9.00. The summed E-state index contributed by atoms with van der Waals surface area (Å²) in [6, 6.07) is 7.57. The second-order valence-corrected chi connectivity index (χ2v) is 3.70. The van der Waals surface area contributed by atoms with Crippen molar-refractivity contribution in [1.29, 1.82) is 5.26 Å². The summed E-state index contributed by atoms with van der Waals surface area (Å²) >= 11 is 0. The van der Waals surface area contributed by atoms with Crippen LogP contribution in [0.15, 0.2) is 18.2 Å². The minimum absolute atomic E-state index is 0.557. The predicted octanol–water partition coefficient (Wildman–Crippen LogP) is 2.08. The Morgan fingerprint density at radius 1 is 1.43 bits per heavy atom. The third-order valence-electron chi connectivity index (χ3n) is 2.18. The minimum atomic E-state index is -0.557. The number of nitrogen functional groups attached to an aromatic ring is 1. The maximum absolute atomic E-state index is 9.00. The average Bonchev–Trinajstić information content (AvgIpc) is 2.17. The van der Waals surface area contributed by atoms with Gasteiger partial charge in [-0.3, -0.25) is 0 Å². The summed E-state index contributed by atoms with van der Waals surface area (Å²) in [6.45, 7) is 3.70. The summed E-state index contributed by atoms with van der Waals surface area (Å²) in [7, 11) is 1.58. The van der Waals surface area contributed by atoms with Gasteiger partial charge in [-0.1, -0.05) is 6.07 Å². The lowest BCUT2D eigenvalue weighted by Crippen LogP contribution is -2.15. The molecule has 0 saturated heterocycles. The third-order valence-corrected chi connectivity index (χ3v) is 2.18. The average molecular weight is 190 g/mol. The Labute approximate surface area is 84.1 Å². The maximum Gasteiger partial charge on any atom is 0.125 e. The van der Waals surface area contributed by atoms with Crippen LogP contribution in [0.4, 0.5) is 5.69 Å². The molecule has 2 N–H and O–H groups in total. The van der Waals surface area contributed by atoms with Crippen molar-refractivity contribution in [2.75, 3.05) is 12.8 Å². The van der Waals surface area contributed by atoms with Gasteiger partial charge >= 0.3 is 0 Å². The summed E-state index contributed by atoms with van der Waals surface area (Å²) < 4.78 is 5.18. The first-order valence-electron chi connectivity index (χ1n) is 4.36. The van der Waals surface area contributed by atoms with Crippen LogP contribution in [0.5, 0.6) is 5.75 Å². The molecule has 0 aliphatic carbocycles. The number of hydrogen-bond donors (Lipinski definition) is 1. The van der Waals surface area contributed by atoms with Crippen LogP contribution < -0.4 is 10.5 Å². The number of rotatable bonds is 2. The molecule has 1 aromatic rings. The van der Waals surface area contributed by atoms with Gasteiger partial charge in [-0.25, -0.2) is 0 Å². The van der Waals surface area contributed by atoms with Crippen molar-refractivity contribution in [2.24, 2.45) is 0 Å². The van der Waals surface area contributed by atoms with Crippen LogP contribution in [0.2, 0.25) is 0 Å². The molecule has 0 saturated carbocycles. The highest BCUT2D eigenvalue weighted by molar-refractivity contribution is 5.52. The molecule has 0 unspecified atom stereocenters. The monoisotopic (exact) mass is 190 g/mol. The molecular weight excluding hydrogens is 176 g/mol. The molecule has 0 aliphatic heterocycles. The van der Waals surface area contributed by atoms with Crippen LogP contribution in [-0.2, 0) is 5.41 Å². The van der Waals surface area contributed by atoms with E-state index in [-0.39, 0.29) is 0 Å². The van der Waals surface area contributed by atoms with Crippen molar-refractivity contribution >= 4 is 5.69 Å². The number of methoxy groups -OCH3 is 1. The predicted molar refractivity (Wildman–Crippen MR) is 56.0 cm³/mol. The van der Waals surface area contributed by atoms with Gasteiger partial charge in [0.25, 0.3) is 0 Å². The molecule has 0 amide bonds. The van der Waals surface area contributed by atoms with Gasteiger partial charge in [0.05, 0.1) is 18.6 Å². The van der Waals surface area contributed by atoms with E-state index < -0.39 is 5.41 Å². The molecule has 0 aliphatic rings. The molecule has 0 spiro atoms. The Kier molecular flexibility index (Phi) is 2.66. The van der Waals surface area contributed by atoms with Gasteiger partial charge in [0.15, 0.2) is 0 Å². The highest BCUT2D eigenvalue weighted by Crippen LogP contribution is 2.32. The lowest BCUT2D eigenvalue weighted by molar-refractivity contribution is 0.403. The van der Waals surface area contributed by atoms with E-state index in [9.17, 15) is 0 Å². The van der Waals surface area contributed by atoms with E-state index in [4.69, 9.17) is 15.7 Å². The van der Waals surface area contributed by atoms with E-state index in [0.717, 1.165) is 5.56 Å². The zero-order valence-electron chi connectivity index (χ0n) is 8.66. The molecule has 1 aromatic carbocycles. The number of hydrogen-bond acceptors (Lipinski definition) is 3. The standard InChI is InChI=1S/C11H14N2O/c1-11(2,7-12)9-5-4-8(13)6-10(9)14-3/h4-6H,13H2,1-3H3. The zero-order valence-corrected chi connectivity index (χ0v) is 8.66. The Balaban J connectivity index is 3.29. The minimum Gasteiger partial charge on any atom is -0.496 e. The topological polar surface area (TPSA) is 59.0 Å². The van der Waals surface area contributed by atoms with Crippen molar-refractivity contribution < 1.29 is 4.74 Å². The summed E-state index contributed by atoms with van der Waals surface area (Å²) in [5.41, 5.74) is 6.56. The fraction of sp³-hybridized carbons (Fsp3) is 0.364. The summed E-state index contributed by atoms with van der Waals surface area (Å²) in [6.07, 6.45) is 0. The van der Waals surface area contributed by atoms with E-state index in [1.54, 1.807) is 19.2 Å². The molecule has 0 radical (unpaired) electrons. The summed E-state index contributed by atoms with van der Waals surface area (Å²) in [4.78, 5) is 0. The van der Waals surface area contributed by atoms with Crippen LogP contribution in [0.25, 0.3) is 0 Å². The Morgan fingerprint density at radius 3 is 2.57 bits per heavy atom. The second kappa shape index (κ2) is 3.59. The Hall–Kier alpha value is -1.69. The third kappa shape index (κ3) is 1.80. The first-order valence-corrected chi connectivity index (χ1v) is 4.36. The molecular formula is C11H14N2O. The molecule has 0 atom stereocenters. The van der Waals surface area contributed by atoms with Crippen LogP contribution in [0.3, 0.4) is 0 Å². The van der Waals surface area contributed by atoms with Gasteiger partial charge in [-0.2, -0.15) is 5.26 Å². The van der Waals surface area contributed by atoms with Gasteiger partial charge in [0.1, 0.15) is 5.75 Å². The number of nitrogens with zero attached hydrogens (tertiary/aromatic N) is 1. The fourth-order valence-corrected chi connectivity index (χ4v) is 1.28. The van der Waals surface area contributed by atoms with Crippen LogP contribution in [0.1, 0.15) is 19.4 Å². The molecule has 1 rings (SSSR count). The van der Waals surface area contributed by atoms with Crippen molar-refractivity contribution in [1.82, 2.24) is 0 Å². The summed E-state index contributed by atoms with van der Waals surface area (Å²) in [5.74, 6) is 0.663. The summed E-state index contributed by atoms with van der Waals surface area (Å²) in [5, 5.41) is 9.00. The van der Waals surface area contributed by atoms with Crippen LogP contribution in [0, 0.1) is 11.3 Å². The van der Waals surface area contributed by atoms with Crippen LogP contribution in [-0.4, -0.2) is 7.11 Å². The fourth-order valence-electron chi connectivity index (χ4n) is 1.28. The number of anilines is 1. The van der Waals surface area contributed by atoms with E-state index in [2.05, 4.69) is 6.07 Å². The van der Waals surface area contributed by atoms with Crippen molar-refractivity contribution in [2.45, 2.75) is 19.3 Å². The Bertz CT molecular complexity index is 377. The van der Waals surface area contributed by atoms with Gasteiger partial charge in [0.2, 0.25) is 0 Å².